The lowest BCUT2D eigenvalue weighted by Gasteiger charge is -2.25. The van der Waals surface area contributed by atoms with Gasteiger partial charge in [0.25, 0.3) is 0 Å². The van der Waals surface area contributed by atoms with Crippen molar-refractivity contribution in [3.8, 4) is 17.1 Å². The summed E-state index contributed by atoms with van der Waals surface area (Å²) in [6, 6.07) is 27.1. The van der Waals surface area contributed by atoms with E-state index in [1.807, 2.05) is 24.3 Å². The Kier molecular flexibility index (Phi) is 6.62. The molecule has 1 aromatic heterocycles. The molecule has 0 unspecified atom stereocenters. The molecule has 0 spiro atoms. The van der Waals surface area contributed by atoms with Crippen molar-refractivity contribution in [2.45, 2.75) is 31.8 Å². The SMILES string of the molecule is CCSc1nnc2c(n1)O[C@H](c1ccc(N(CC)Cc3ccccc3)cc1)Nc1ccccc1-2. The summed E-state index contributed by atoms with van der Waals surface area (Å²) in [5, 5.41) is 12.9. The zero-order valence-corrected chi connectivity index (χ0v) is 20.1. The first kappa shape index (κ1) is 22.2. The minimum Gasteiger partial charge on any atom is -0.448 e. The summed E-state index contributed by atoms with van der Waals surface area (Å²) < 4.78 is 6.38. The van der Waals surface area contributed by atoms with Gasteiger partial charge in [0, 0.05) is 35.6 Å². The van der Waals surface area contributed by atoms with Crippen LogP contribution >= 0.6 is 11.8 Å². The summed E-state index contributed by atoms with van der Waals surface area (Å²) in [5.74, 6) is 1.37. The highest BCUT2D eigenvalue weighted by Gasteiger charge is 2.26. The van der Waals surface area contributed by atoms with Crippen molar-refractivity contribution in [3.63, 3.8) is 0 Å². The number of rotatable bonds is 7. The van der Waals surface area contributed by atoms with Gasteiger partial charge in [0.2, 0.25) is 11.0 Å². The Hall–Kier alpha value is -3.58. The smallest absolute Gasteiger partial charge is 0.247 e. The van der Waals surface area contributed by atoms with Crippen molar-refractivity contribution in [2.75, 3.05) is 22.5 Å². The number of hydrogen-bond acceptors (Lipinski definition) is 7. The topological polar surface area (TPSA) is 63.2 Å². The number of anilines is 2. The van der Waals surface area contributed by atoms with Gasteiger partial charge in [-0.1, -0.05) is 79.3 Å². The Balaban J connectivity index is 1.44. The van der Waals surface area contributed by atoms with E-state index in [-0.39, 0.29) is 0 Å². The second kappa shape index (κ2) is 10.1. The van der Waals surface area contributed by atoms with E-state index in [9.17, 15) is 0 Å². The van der Waals surface area contributed by atoms with Crippen LogP contribution in [0.25, 0.3) is 11.3 Å². The Morgan fingerprint density at radius 3 is 2.44 bits per heavy atom. The normalized spacial score (nSPS) is 14.2. The van der Waals surface area contributed by atoms with Crippen molar-refractivity contribution in [3.05, 3.63) is 90.0 Å². The monoisotopic (exact) mass is 469 g/mol. The van der Waals surface area contributed by atoms with E-state index in [0.29, 0.717) is 16.7 Å². The molecule has 0 radical (unpaired) electrons. The van der Waals surface area contributed by atoms with Crippen molar-refractivity contribution >= 4 is 23.1 Å². The largest absolute Gasteiger partial charge is 0.448 e. The van der Waals surface area contributed by atoms with E-state index < -0.39 is 6.23 Å². The van der Waals surface area contributed by atoms with Gasteiger partial charge in [-0.2, -0.15) is 4.98 Å². The van der Waals surface area contributed by atoms with Crippen LogP contribution in [0.4, 0.5) is 11.4 Å². The van der Waals surface area contributed by atoms with Gasteiger partial charge in [-0.05, 0) is 36.4 Å². The summed E-state index contributed by atoms with van der Waals surface area (Å²) in [4.78, 5) is 7.02. The number of thioether (sulfide) groups is 1. The van der Waals surface area contributed by atoms with Crippen LogP contribution in [0.5, 0.6) is 5.88 Å². The molecule has 34 heavy (non-hydrogen) atoms. The van der Waals surface area contributed by atoms with Crippen LogP contribution in [0, 0.1) is 0 Å². The van der Waals surface area contributed by atoms with E-state index in [1.165, 1.54) is 11.3 Å². The molecule has 0 bridgehead atoms. The number of nitrogens with zero attached hydrogens (tertiary/aromatic N) is 4. The highest BCUT2D eigenvalue weighted by molar-refractivity contribution is 7.99. The number of ether oxygens (including phenoxy) is 1. The van der Waals surface area contributed by atoms with Gasteiger partial charge in [0.05, 0.1) is 0 Å². The first-order valence-electron chi connectivity index (χ1n) is 11.5. The van der Waals surface area contributed by atoms with Crippen LogP contribution in [-0.2, 0) is 6.54 Å². The fourth-order valence-corrected chi connectivity index (χ4v) is 4.54. The van der Waals surface area contributed by atoms with Crippen molar-refractivity contribution in [1.29, 1.82) is 0 Å². The quantitative estimate of drug-likeness (QED) is 0.324. The molecule has 3 aromatic carbocycles. The molecular formula is C27H27N5OS. The van der Waals surface area contributed by atoms with Crippen molar-refractivity contribution < 1.29 is 4.74 Å². The first-order chi connectivity index (χ1) is 16.7. The van der Waals surface area contributed by atoms with Crippen LogP contribution in [0.1, 0.15) is 31.2 Å². The van der Waals surface area contributed by atoms with Crippen molar-refractivity contribution in [1.82, 2.24) is 15.2 Å². The third-order valence-electron chi connectivity index (χ3n) is 5.77. The average molecular weight is 470 g/mol. The number of fused-ring (bicyclic) bond motifs is 3. The summed E-state index contributed by atoms with van der Waals surface area (Å²) >= 11 is 1.55. The minimum atomic E-state index is -0.392. The predicted octanol–water partition coefficient (Wildman–Crippen LogP) is 6.18. The first-order valence-corrected chi connectivity index (χ1v) is 12.5. The number of benzene rings is 3. The van der Waals surface area contributed by atoms with Gasteiger partial charge in [0.15, 0.2) is 11.9 Å². The molecule has 0 saturated carbocycles. The van der Waals surface area contributed by atoms with E-state index in [4.69, 9.17) is 4.74 Å². The zero-order valence-electron chi connectivity index (χ0n) is 19.3. The van der Waals surface area contributed by atoms with Crippen LogP contribution in [-0.4, -0.2) is 27.5 Å². The van der Waals surface area contributed by atoms with E-state index in [2.05, 4.69) is 93.8 Å². The standard InChI is InChI=1S/C27H27N5OS/c1-3-32(18-19-10-6-5-7-11-19)21-16-14-20(15-17-21)25-28-23-13-9-8-12-22(23)24-26(33-25)29-27(31-30-24)34-4-2/h5-17,25,28H,3-4,18H2,1-2H3/t25-/m1/s1. The predicted molar refractivity (Wildman–Crippen MR) is 138 cm³/mol. The lowest BCUT2D eigenvalue weighted by atomic mass is 10.1. The van der Waals surface area contributed by atoms with Gasteiger partial charge < -0.3 is 15.0 Å². The highest BCUT2D eigenvalue weighted by Crippen LogP contribution is 2.39. The number of hydrogen-bond donors (Lipinski definition) is 1. The maximum absolute atomic E-state index is 6.38. The lowest BCUT2D eigenvalue weighted by Crippen LogP contribution is -2.22. The Morgan fingerprint density at radius 1 is 0.912 bits per heavy atom. The third-order valence-corrected chi connectivity index (χ3v) is 6.49. The van der Waals surface area contributed by atoms with E-state index >= 15 is 0 Å². The van der Waals surface area contributed by atoms with Gasteiger partial charge in [-0.15, -0.1) is 10.2 Å². The van der Waals surface area contributed by atoms with Gasteiger partial charge in [-0.25, -0.2) is 0 Å². The molecule has 6 nitrogen and oxygen atoms in total. The fourth-order valence-electron chi connectivity index (χ4n) is 4.04. The molecule has 0 aliphatic carbocycles. The molecule has 1 aliphatic heterocycles. The Morgan fingerprint density at radius 2 is 1.68 bits per heavy atom. The molecule has 0 amide bonds. The zero-order chi connectivity index (χ0) is 23.3. The van der Waals surface area contributed by atoms with Crippen LogP contribution < -0.4 is 15.0 Å². The fraction of sp³-hybridized carbons (Fsp3) is 0.222. The number of nitrogens with one attached hydrogen (secondary N) is 1. The molecule has 7 heteroatoms. The Labute approximate surface area is 204 Å². The minimum absolute atomic E-state index is 0.392. The van der Waals surface area contributed by atoms with Crippen molar-refractivity contribution in [2.24, 2.45) is 0 Å². The van der Waals surface area contributed by atoms with Crippen LogP contribution in [0.3, 0.4) is 0 Å². The molecule has 172 valence electrons. The maximum Gasteiger partial charge on any atom is 0.247 e. The highest BCUT2D eigenvalue weighted by atomic mass is 32.2. The van der Waals surface area contributed by atoms with E-state index in [1.54, 1.807) is 11.8 Å². The van der Waals surface area contributed by atoms with Gasteiger partial charge in [-0.3, -0.25) is 0 Å². The third kappa shape index (κ3) is 4.70. The summed E-state index contributed by atoms with van der Waals surface area (Å²) in [5.41, 5.74) is 6.03. The Bertz CT molecular complexity index is 1250. The second-order valence-electron chi connectivity index (χ2n) is 7.96. The molecule has 1 aliphatic rings. The van der Waals surface area contributed by atoms with E-state index in [0.717, 1.165) is 35.7 Å². The summed E-state index contributed by atoms with van der Waals surface area (Å²) in [6.45, 7) is 6.04. The summed E-state index contributed by atoms with van der Waals surface area (Å²) in [6.07, 6.45) is -0.392. The maximum atomic E-state index is 6.38. The van der Waals surface area contributed by atoms with Crippen LogP contribution in [0.2, 0.25) is 0 Å². The molecular weight excluding hydrogens is 442 g/mol. The second-order valence-corrected chi connectivity index (χ2v) is 9.19. The number of aromatic nitrogens is 3. The molecule has 5 rings (SSSR count). The average Bonchev–Trinajstić information content (AvgIpc) is 3.05. The molecule has 1 atom stereocenters. The number of para-hydroxylation sites is 1. The lowest BCUT2D eigenvalue weighted by molar-refractivity contribution is 0.225. The molecule has 0 fully saturated rings. The van der Waals surface area contributed by atoms with Gasteiger partial charge >= 0.3 is 0 Å². The van der Waals surface area contributed by atoms with Crippen LogP contribution in [0.15, 0.2) is 84.0 Å². The molecule has 2 heterocycles. The molecule has 0 saturated heterocycles. The van der Waals surface area contributed by atoms with Gasteiger partial charge in [0.1, 0.15) is 0 Å². The summed E-state index contributed by atoms with van der Waals surface area (Å²) in [7, 11) is 0. The molecule has 1 N–H and O–H groups in total. The molecule has 4 aromatic rings.